The molecule has 4 heteroatoms. The van der Waals surface area contributed by atoms with Gasteiger partial charge in [-0.1, -0.05) is 70.2 Å². The van der Waals surface area contributed by atoms with Crippen LogP contribution in [0, 0.1) is 11.3 Å². The molecule has 2 unspecified atom stereocenters. The molecule has 2 aromatic carbocycles. The van der Waals surface area contributed by atoms with Crippen LogP contribution >= 0.6 is 0 Å². The molecule has 2 atom stereocenters. The van der Waals surface area contributed by atoms with E-state index < -0.39 is 0 Å². The van der Waals surface area contributed by atoms with E-state index in [0.717, 1.165) is 18.5 Å². The first-order valence-electron chi connectivity index (χ1n) is 11.0. The SMILES string of the molecule is CCc1ccc(C2CC(C(=O)Nc3ccccc3)CN(C(=O)CC(C)(C)C)C2)cc1. The summed E-state index contributed by atoms with van der Waals surface area (Å²) in [5.41, 5.74) is 3.23. The van der Waals surface area contributed by atoms with E-state index in [1.807, 2.05) is 35.2 Å². The molecule has 0 aliphatic carbocycles. The third-order valence-corrected chi connectivity index (χ3v) is 5.76. The van der Waals surface area contributed by atoms with Crippen LogP contribution in [0.25, 0.3) is 0 Å². The number of carbonyl (C=O) groups excluding carboxylic acids is 2. The fraction of sp³-hybridized carbons (Fsp3) is 0.462. The molecule has 0 spiro atoms. The van der Waals surface area contributed by atoms with Gasteiger partial charge < -0.3 is 10.2 Å². The average molecular weight is 407 g/mol. The summed E-state index contributed by atoms with van der Waals surface area (Å²) in [5, 5.41) is 3.03. The number of anilines is 1. The maximum atomic E-state index is 13.0. The molecule has 30 heavy (non-hydrogen) atoms. The molecular weight excluding hydrogens is 372 g/mol. The van der Waals surface area contributed by atoms with Crippen molar-refractivity contribution in [1.82, 2.24) is 4.90 Å². The number of nitrogens with one attached hydrogen (secondary N) is 1. The molecular formula is C26H34N2O2. The van der Waals surface area contributed by atoms with Crippen molar-refractivity contribution in [3.05, 3.63) is 65.7 Å². The van der Waals surface area contributed by atoms with Crippen LogP contribution in [0.5, 0.6) is 0 Å². The van der Waals surface area contributed by atoms with Crippen molar-refractivity contribution in [1.29, 1.82) is 0 Å². The molecule has 0 radical (unpaired) electrons. The number of hydrogen-bond donors (Lipinski definition) is 1. The highest BCUT2D eigenvalue weighted by molar-refractivity contribution is 5.93. The van der Waals surface area contributed by atoms with Gasteiger partial charge in [0, 0.05) is 31.1 Å². The standard InChI is InChI=1S/C26H34N2O2/c1-5-19-11-13-20(14-12-19)21-15-22(25(30)27-23-9-7-6-8-10-23)18-28(17-21)24(29)16-26(2,3)4/h6-14,21-22H,5,15-18H2,1-4H3,(H,27,30). The average Bonchev–Trinajstić information content (AvgIpc) is 2.73. The van der Waals surface area contributed by atoms with Gasteiger partial charge in [0.15, 0.2) is 0 Å². The van der Waals surface area contributed by atoms with Gasteiger partial charge in [-0.3, -0.25) is 9.59 Å². The molecule has 0 aromatic heterocycles. The summed E-state index contributed by atoms with van der Waals surface area (Å²) < 4.78 is 0. The van der Waals surface area contributed by atoms with Crippen LogP contribution < -0.4 is 5.32 Å². The monoisotopic (exact) mass is 406 g/mol. The number of amides is 2. The first-order valence-corrected chi connectivity index (χ1v) is 11.0. The number of para-hydroxylation sites is 1. The Hall–Kier alpha value is -2.62. The molecule has 1 heterocycles. The van der Waals surface area contributed by atoms with Gasteiger partial charge in [0.05, 0.1) is 5.92 Å². The lowest BCUT2D eigenvalue weighted by atomic mass is 9.82. The van der Waals surface area contributed by atoms with Crippen LogP contribution in [0.15, 0.2) is 54.6 Å². The molecule has 0 saturated carbocycles. The van der Waals surface area contributed by atoms with Gasteiger partial charge in [-0.15, -0.1) is 0 Å². The molecule has 4 nitrogen and oxygen atoms in total. The van der Waals surface area contributed by atoms with Gasteiger partial charge in [-0.05, 0) is 41.5 Å². The molecule has 2 aromatic rings. The van der Waals surface area contributed by atoms with Crippen molar-refractivity contribution in [2.75, 3.05) is 18.4 Å². The van der Waals surface area contributed by atoms with Crippen LogP contribution in [0.2, 0.25) is 0 Å². The zero-order valence-corrected chi connectivity index (χ0v) is 18.7. The third kappa shape index (κ3) is 5.94. The summed E-state index contributed by atoms with van der Waals surface area (Å²) in [6.07, 6.45) is 2.24. The number of piperidine rings is 1. The quantitative estimate of drug-likeness (QED) is 0.737. The van der Waals surface area contributed by atoms with Gasteiger partial charge in [-0.25, -0.2) is 0 Å². The van der Waals surface area contributed by atoms with Gasteiger partial charge in [0.2, 0.25) is 11.8 Å². The molecule has 1 aliphatic heterocycles. The van der Waals surface area contributed by atoms with Crippen molar-refractivity contribution in [3.8, 4) is 0 Å². The molecule has 1 aliphatic rings. The minimum atomic E-state index is -0.223. The van der Waals surface area contributed by atoms with Crippen molar-refractivity contribution in [2.24, 2.45) is 11.3 Å². The lowest BCUT2D eigenvalue weighted by Gasteiger charge is -2.38. The molecule has 3 rings (SSSR count). The molecule has 2 amide bonds. The number of nitrogens with zero attached hydrogens (tertiary/aromatic N) is 1. The van der Waals surface area contributed by atoms with Crippen LogP contribution in [-0.2, 0) is 16.0 Å². The van der Waals surface area contributed by atoms with Crippen LogP contribution in [0.1, 0.15) is 57.6 Å². The van der Waals surface area contributed by atoms with E-state index in [1.54, 1.807) is 0 Å². The Kier molecular flexibility index (Phi) is 6.96. The second kappa shape index (κ2) is 9.46. The van der Waals surface area contributed by atoms with Crippen molar-refractivity contribution >= 4 is 17.5 Å². The van der Waals surface area contributed by atoms with E-state index in [0.29, 0.717) is 19.5 Å². The lowest BCUT2D eigenvalue weighted by Crippen LogP contribution is -2.47. The number of likely N-dealkylation sites (tertiary alicyclic amines) is 1. The minimum Gasteiger partial charge on any atom is -0.341 e. The zero-order chi connectivity index (χ0) is 21.7. The Bertz CT molecular complexity index is 853. The fourth-order valence-corrected chi connectivity index (χ4v) is 4.09. The predicted octanol–water partition coefficient (Wildman–Crippen LogP) is 5.26. The molecule has 1 N–H and O–H groups in total. The summed E-state index contributed by atoms with van der Waals surface area (Å²) >= 11 is 0. The van der Waals surface area contributed by atoms with E-state index in [9.17, 15) is 9.59 Å². The van der Waals surface area contributed by atoms with E-state index in [1.165, 1.54) is 11.1 Å². The van der Waals surface area contributed by atoms with E-state index >= 15 is 0 Å². The number of benzene rings is 2. The maximum Gasteiger partial charge on any atom is 0.229 e. The lowest BCUT2D eigenvalue weighted by molar-refractivity contribution is -0.136. The Balaban J connectivity index is 1.80. The molecule has 1 fully saturated rings. The van der Waals surface area contributed by atoms with Crippen molar-refractivity contribution in [3.63, 3.8) is 0 Å². The Labute approximate surface area is 180 Å². The normalized spacial score (nSPS) is 19.4. The van der Waals surface area contributed by atoms with E-state index in [-0.39, 0.29) is 29.1 Å². The highest BCUT2D eigenvalue weighted by atomic mass is 16.2. The Morgan fingerprint density at radius 1 is 1.00 bits per heavy atom. The second-order valence-corrected chi connectivity index (χ2v) is 9.62. The third-order valence-electron chi connectivity index (χ3n) is 5.76. The number of hydrogen-bond acceptors (Lipinski definition) is 2. The zero-order valence-electron chi connectivity index (χ0n) is 18.7. The highest BCUT2D eigenvalue weighted by Crippen LogP contribution is 2.33. The molecule has 0 bridgehead atoms. The first-order chi connectivity index (χ1) is 14.2. The first kappa shape index (κ1) is 22.1. The summed E-state index contributed by atoms with van der Waals surface area (Å²) in [4.78, 5) is 28.0. The summed E-state index contributed by atoms with van der Waals surface area (Å²) in [6, 6.07) is 18.2. The van der Waals surface area contributed by atoms with Crippen molar-refractivity contribution in [2.45, 2.75) is 52.9 Å². The fourth-order valence-electron chi connectivity index (χ4n) is 4.09. The minimum absolute atomic E-state index is 0.00960. The van der Waals surface area contributed by atoms with Crippen molar-refractivity contribution < 1.29 is 9.59 Å². The van der Waals surface area contributed by atoms with Gasteiger partial charge in [0.1, 0.15) is 0 Å². The second-order valence-electron chi connectivity index (χ2n) is 9.62. The Morgan fingerprint density at radius 3 is 2.27 bits per heavy atom. The van der Waals surface area contributed by atoms with Gasteiger partial charge in [-0.2, -0.15) is 0 Å². The number of aryl methyl sites for hydroxylation is 1. The summed E-state index contributed by atoms with van der Waals surface area (Å²) in [6.45, 7) is 9.54. The predicted molar refractivity (Wildman–Crippen MR) is 122 cm³/mol. The number of rotatable bonds is 5. The topological polar surface area (TPSA) is 49.4 Å². The smallest absolute Gasteiger partial charge is 0.229 e. The highest BCUT2D eigenvalue weighted by Gasteiger charge is 2.35. The largest absolute Gasteiger partial charge is 0.341 e. The van der Waals surface area contributed by atoms with E-state index in [4.69, 9.17) is 0 Å². The molecule has 1 saturated heterocycles. The van der Waals surface area contributed by atoms with E-state index in [2.05, 4.69) is 57.3 Å². The van der Waals surface area contributed by atoms with Gasteiger partial charge >= 0.3 is 0 Å². The Morgan fingerprint density at radius 2 is 1.67 bits per heavy atom. The van der Waals surface area contributed by atoms with Crippen LogP contribution in [0.4, 0.5) is 5.69 Å². The van der Waals surface area contributed by atoms with Gasteiger partial charge in [0.25, 0.3) is 0 Å². The number of carbonyl (C=O) groups is 2. The summed E-state index contributed by atoms with van der Waals surface area (Å²) in [7, 11) is 0. The van der Waals surface area contributed by atoms with Crippen LogP contribution in [-0.4, -0.2) is 29.8 Å². The maximum absolute atomic E-state index is 13.0. The summed E-state index contributed by atoms with van der Waals surface area (Å²) in [5.74, 6) is 0.0679. The molecule has 160 valence electrons. The van der Waals surface area contributed by atoms with Crippen LogP contribution in [0.3, 0.4) is 0 Å².